The van der Waals surface area contributed by atoms with Crippen molar-refractivity contribution in [2.24, 2.45) is 11.0 Å². The zero-order valence-corrected chi connectivity index (χ0v) is 21.3. The molecule has 0 unspecified atom stereocenters. The van der Waals surface area contributed by atoms with Crippen LogP contribution in [0.1, 0.15) is 47.6 Å². The fourth-order valence-corrected chi connectivity index (χ4v) is 5.41. The highest BCUT2D eigenvalue weighted by atomic mass is 16.5. The van der Waals surface area contributed by atoms with E-state index in [1.165, 1.54) is 11.1 Å². The number of hydrogen-bond donors (Lipinski definition) is 0. The first-order chi connectivity index (χ1) is 17.6. The first-order valence-electron chi connectivity index (χ1n) is 13.0. The van der Waals surface area contributed by atoms with Crippen LogP contribution in [0.15, 0.2) is 84.0 Å². The first-order valence-corrected chi connectivity index (χ1v) is 13.0. The lowest BCUT2D eigenvalue weighted by molar-refractivity contribution is -0.134. The highest BCUT2D eigenvalue weighted by Gasteiger charge is 2.34. The van der Waals surface area contributed by atoms with Crippen LogP contribution < -0.4 is 4.74 Å². The topological polar surface area (TPSA) is 45.1 Å². The lowest BCUT2D eigenvalue weighted by Gasteiger charge is -2.33. The van der Waals surface area contributed by atoms with E-state index in [9.17, 15) is 4.79 Å². The van der Waals surface area contributed by atoms with E-state index in [4.69, 9.17) is 9.84 Å². The number of likely N-dealkylation sites (tertiary alicyclic amines) is 1. The molecule has 5 heteroatoms. The van der Waals surface area contributed by atoms with E-state index >= 15 is 0 Å². The highest BCUT2D eigenvalue weighted by molar-refractivity contribution is 6.03. The Balaban J connectivity index is 1.29. The van der Waals surface area contributed by atoms with Gasteiger partial charge in [-0.05, 0) is 74.0 Å². The number of ether oxygens (including phenoxy) is 1. The molecule has 0 bridgehead atoms. The third-order valence-corrected chi connectivity index (χ3v) is 7.43. The van der Waals surface area contributed by atoms with E-state index in [1.807, 2.05) is 18.2 Å². The van der Waals surface area contributed by atoms with Gasteiger partial charge in [-0.2, -0.15) is 5.10 Å². The quantitative estimate of drug-likeness (QED) is 0.439. The van der Waals surface area contributed by atoms with E-state index in [0.717, 1.165) is 54.9 Å². The molecule has 2 aliphatic heterocycles. The fraction of sp³-hybridized carbons (Fsp3) is 0.355. The third kappa shape index (κ3) is 5.68. The molecule has 0 radical (unpaired) electrons. The average molecular weight is 482 g/mol. The Kier molecular flexibility index (Phi) is 7.47. The van der Waals surface area contributed by atoms with Gasteiger partial charge in [0.25, 0.3) is 5.91 Å². The molecule has 5 rings (SSSR count). The van der Waals surface area contributed by atoms with Crippen molar-refractivity contribution >= 4 is 11.6 Å². The first kappa shape index (κ1) is 24.3. The van der Waals surface area contributed by atoms with Gasteiger partial charge < -0.3 is 4.74 Å². The van der Waals surface area contributed by atoms with Crippen LogP contribution in [-0.2, 0) is 11.2 Å². The summed E-state index contributed by atoms with van der Waals surface area (Å²) in [4.78, 5) is 15.9. The molecule has 3 aromatic carbocycles. The molecule has 5 nitrogen and oxygen atoms in total. The van der Waals surface area contributed by atoms with Crippen molar-refractivity contribution in [3.63, 3.8) is 0 Å². The number of carbonyl (C=O) groups excluding carboxylic acids is 1. The van der Waals surface area contributed by atoms with Gasteiger partial charge >= 0.3 is 0 Å². The van der Waals surface area contributed by atoms with Crippen molar-refractivity contribution in [3.05, 3.63) is 101 Å². The predicted molar refractivity (Wildman–Crippen MR) is 144 cm³/mol. The number of benzene rings is 3. The minimum Gasteiger partial charge on any atom is -0.497 e. The van der Waals surface area contributed by atoms with Crippen LogP contribution in [0.25, 0.3) is 0 Å². The van der Waals surface area contributed by atoms with Crippen LogP contribution in [0, 0.1) is 12.8 Å². The van der Waals surface area contributed by atoms with Gasteiger partial charge in [-0.3, -0.25) is 9.69 Å². The molecule has 1 saturated heterocycles. The van der Waals surface area contributed by atoms with Crippen molar-refractivity contribution in [3.8, 4) is 5.75 Å². The Labute approximate surface area is 214 Å². The molecule has 1 amide bonds. The summed E-state index contributed by atoms with van der Waals surface area (Å²) < 4.78 is 5.46. The van der Waals surface area contributed by atoms with Gasteiger partial charge in [0.05, 0.1) is 25.4 Å². The number of amides is 1. The van der Waals surface area contributed by atoms with Gasteiger partial charge in [0, 0.05) is 6.42 Å². The van der Waals surface area contributed by atoms with Gasteiger partial charge in [-0.15, -0.1) is 0 Å². The van der Waals surface area contributed by atoms with Crippen LogP contribution in [0.3, 0.4) is 0 Å². The molecular formula is C31H35N3O2. The van der Waals surface area contributed by atoms with Gasteiger partial charge in [0.2, 0.25) is 0 Å². The van der Waals surface area contributed by atoms with Crippen LogP contribution >= 0.6 is 0 Å². The van der Waals surface area contributed by atoms with Gasteiger partial charge in [-0.25, -0.2) is 5.01 Å². The van der Waals surface area contributed by atoms with Crippen LogP contribution in [0.2, 0.25) is 0 Å². The molecule has 1 atom stereocenters. The third-order valence-electron chi connectivity index (χ3n) is 7.43. The molecule has 0 spiro atoms. The molecule has 2 aliphatic rings. The summed E-state index contributed by atoms with van der Waals surface area (Å²) in [5.41, 5.74) is 5.69. The van der Waals surface area contributed by atoms with E-state index in [-0.39, 0.29) is 11.9 Å². The molecule has 0 aromatic heterocycles. The van der Waals surface area contributed by atoms with Crippen LogP contribution in [-0.4, -0.2) is 48.3 Å². The predicted octanol–water partition coefficient (Wildman–Crippen LogP) is 5.64. The Morgan fingerprint density at radius 2 is 1.75 bits per heavy atom. The van der Waals surface area contributed by atoms with Crippen LogP contribution in [0.4, 0.5) is 0 Å². The summed E-state index contributed by atoms with van der Waals surface area (Å²) in [5, 5.41) is 6.61. The number of carbonyl (C=O) groups is 1. The van der Waals surface area contributed by atoms with Crippen molar-refractivity contribution in [2.45, 2.75) is 38.6 Å². The van der Waals surface area contributed by atoms with E-state index in [2.05, 4.69) is 72.5 Å². The van der Waals surface area contributed by atoms with Crippen molar-refractivity contribution < 1.29 is 9.53 Å². The second-order valence-corrected chi connectivity index (χ2v) is 10.1. The fourth-order valence-electron chi connectivity index (χ4n) is 5.41. The molecule has 0 aliphatic carbocycles. The summed E-state index contributed by atoms with van der Waals surface area (Å²) in [5.74, 6) is 1.54. The van der Waals surface area contributed by atoms with Crippen molar-refractivity contribution in [1.29, 1.82) is 0 Å². The van der Waals surface area contributed by atoms with Gasteiger partial charge in [0.1, 0.15) is 5.75 Å². The van der Waals surface area contributed by atoms with E-state index in [0.29, 0.717) is 18.9 Å². The van der Waals surface area contributed by atoms with Crippen molar-refractivity contribution in [1.82, 2.24) is 9.91 Å². The number of hydrazone groups is 1. The van der Waals surface area contributed by atoms with Gasteiger partial charge in [0.15, 0.2) is 0 Å². The van der Waals surface area contributed by atoms with Crippen molar-refractivity contribution in [2.75, 3.05) is 26.7 Å². The summed E-state index contributed by atoms with van der Waals surface area (Å²) >= 11 is 0. The monoisotopic (exact) mass is 481 g/mol. The number of methoxy groups -OCH3 is 1. The zero-order valence-electron chi connectivity index (χ0n) is 21.3. The Morgan fingerprint density at radius 3 is 2.50 bits per heavy atom. The highest BCUT2D eigenvalue weighted by Crippen LogP contribution is 2.34. The molecular weight excluding hydrogens is 446 g/mol. The lowest BCUT2D eigenvalue weighted by atomic mass is 9.90. The summed E-state index contributed by atoms with van der Waals surface area (Å²) in [6.45, 7) is 4.40. The normalized spacial score (nSPS) is 18.8. The van der Waals surface area contributed by atoms with Crippen LogP contribution in [0.5, 0.6) is 5.75 Å². The number of aryl methyl sites for hydroxylation is 1. The summed E-state index contributed by atoms with van der Waals surface area (Å²) in [6.07, 6.45) is 4.07. The number of piperidine rings is 1. The Hall–Kier alpha value is -3.44. The molecule has 2 heterocycles. The molecule has 3 aromatic rings. The molecule has 186 valence electrons. The SMILES string of the molecule is COc1cccc([C@H]2CC(c3cccc(C)c3)=NN2C(=O)CN2CCC(Cc3ccccc3)CC2)c1. The minimum absolute atomic E-state index is 0.0620. The standard InChI is InChI=1S/C31H35N3O2/c1-23-8-6-11-26(18-23)29-21-30(27-12-7-13-28(20-27)36-2)34(32-29)31(35)22-33-16-14-25(15-17-33)19-24-9-4-3-5-10-24/h3-13,18,20,25,30H,14-17,19,21-22H2,1-2H3/t30-/m1/s1. The van der Waals surface area contributed by atoms with E-state index in [1.54, 1.807) is 12.1 Å². The Morgan fingerprint density at radius 1 is 0.972 bits per heavy atom. The summed E-state index contributed by atoms with van der Waals surface area (Å²) in [7, 11) is 1.67. The largest absolute Gasteiger partial charge is 0.497 e. The molecule has 1 fully saturated rings. The summed E-state index contributed by atoms with van der Waals surface area (Å²) in [6, 6.07) is 27.0. The number of nitrogens with zero attached hydrogens (tertiary/aromatic N) is 3. The maximum absolute atomic E-state index is 13.6. The Bertz CT molecular complexity index is 1220. The minimum atomic E-state index is -0.126. The number of rotatable bonds is 7. The number of hydrogen-bond acceptors (Lipinski definition) is 4. The average Bonchev–Trinajstić information content (AvgIpc) is 3.36. The van der Waals surface area contributed by atoms with Gasteiger partial charge in [-0.1, -0.05) is 72.3 Å². The maximum atomic E-state index is 13.6. The maximum Gasteiger partial charge on any atom is 0.257 e. The zero-order chi connectivity index (χ0) is 24.9. The van der Waals surface area contributed by atoms with E-state index < -0.39 is 0 Å². The smallest absolute Gasteiger partial charge is 0.257 e. The second kappa shape index (κ2) is 11.1. The molecule has 0 saturated carbocycles. The molecule has 36 heavy (non-hydrogen) atoms. The second-order valence-electron chi connectivity index (χ2n) is 10.1. The lowest BCUT2D eigenvalue weighted by Crippen LogP contribution is -2.42. The molecule has 0 N–H and O–H groups in total.